The van der Waals surface area contributed by atoms with E-state index in [2.05, 4.69) is 15.5 Å². The molecule has 0 unspecified atom stereocenters. The molecule has 1 aliphatic rings. The highest BCUT2D eigenvalue weighted by Crippen LogP contribution is 2.16. The molecule has 2 rings (SSSR count). The summed E-state index contributed by atoms with van der Waals surface area (Å²) in [6, 6.07) is 0.213. The number of hydrogen-bond donors (Lipinski definition) is 1. The van der Waals surface area contributed by atoms with E-state index >= 15 is 0 Å². The maximum Gasteiger partial charge on any atom is 0.162 e. The summed E-state index contributed by atoms with van der Waals surface area (Å²) in [5.41, 5.74) is 0. The maximum absolute atomic E-state index is 5.55. The molecule has 2 heterocycles. The lowest BCUT2D eigenvalue weighted by atomic mass is 10.2. The van der Waals surface area contributed by atoms with Crippen LogP contribution in [0.15, 0.2) is 6.33 Å². The van der Waals surface area contributed by atoms with Crippen molar-refractivity contribution < 1.29 is 9.47 Å². The third-order valence-corrected chi connectivity index (χ3v) is 2.62. The molecule has 1 fully saturated rings. The van der Waals surface area contributed by atoms with Crippen molar-refractivity contribution in [3.8, 4) is 0 Å². The number of nitrogens with zero attached hydrogens (tertiary/aromatic N) is 3. The molecule has 0 saturated carbocycles. The quantitative estimate of drug-likeness (QED) is 0.789. The number of nitrogens with one attached hydrogen (secondary N) is 1. The van der Waals surface area contributed by atoms with Gasteiger partial charge in [0.2, 0.25) is 0 Å². The number of hydrogen-bond acceptors (Lipinski definition) is 5. The lowest BCUT2D eigenvalue weighted by Crippen LogP contribution is -2.48. The number of ether oxygens (including phenoxy) is 2. The second-order valence-electron chi connectivity index (χ2n) is 4.46. The van der Waals surface area contributed by atoms with Gasteiger partial charge in [-0.2, -0.15) is 0 Å². The standard InChI is InChI=1S/C10H18N4O2/c1-10(2)15-5-8(6-16-10)11-4-9-13-12-7-14(9)3/h7-8,11H,4-6H2,1-3H3. The molecule has 16 heavy (non-hydrogen) atoms. The molecule has 0 atom stereocenters. The van der Waals surface area contributed by atoms with Gasteiger partial charge < -0.3 is 19.4 Å². The Bertz CT molecular complexity index is 340. The highest BCUT2D eigenvalue weighted by molar-refractivity contribution is 4.85. The normalized spacial score (nSPS) is 21.2. The van der Waals surface area contributed by atoms with Crippen LogP contribution < -0.4 is 5.32 Å². The first-order valence-electron chi connectivity index (χ1n) is 5.41. The molecule has 0 aliphatic carbocycles. The molecule has 1 aliphatic heterocycles. The Labute approximate surface area is 94.9 Å². The van der Waals surface area contributed by atoms with Crippen LogP contribution in [0.25, 0.3) is 0 Å². The zero-order chi connectivity index (χ0) is 11.6. The van der Waals surface area contributed by atoms with Crippen LogP contribution in [0.1, 0.15) is 19.7 Å². The van der Waals surface area contributed by atoms with Crippen molar-refractivity contribution >= 4 is 0 Å². The monoisotopic (exact) mass is 226 g/mol. The fourth-order valence-corrected chi connectivity index (χ4v) is 1.51. The molecule has 90 valence electrons. The van der Waals surface area contributed by atoms with E-state index in [1.807, 2.05) is 25.5 Å². The molecule has 0 spiro atoms. The summed E-state index contributed by atoms with van der Waals surface area (Å²) in [6.07, 6.45) is 1.69. The summed E-state index contributed by atoms with van der Waals surface area (Å²) in [5, 5.41) is 11.1. The summed E-state index contributed by atoms with van der Waals surface area (Å²) in [6.45, 7) is 5.84. The van der Waals surface area contributed by atoms with E-state index in [9.17, 15) is 0 Å². The summed E-state index contributed by atoms with van der Waals surface area (Å²) in [5.74, 6) is 0.452. The molecule has 1 N–H and O–H groups in total. The number of rotatable bonds is 3. The van der Waals surface area contributed by atoms with Crippen molar-refractivity contribution in [2.24, 2.45) is 7.05 Å². The largest absolute Gasteiger partial charge is 0.349 e. The number of aryl methyl sites for hydroxylation is 1. The van der Waals surface area contributed by atoms with Gasteiger partial charge in [-0.25, -0.2) is 0 Å². The van der Waals surface area contributed by atoms with Gasteiger partial charge >= 0.3 is 0 Å². The Morgan fingerprint density at radius 3 is 2.75 bits per heavy atom. The Balaban J connectivity index is 1.78. The lowest BCUT2D eigenvalue weighted by Gasteiger charge is -2.35. The Hall–Kier alpha value is -0.980. The van der Waals surface area contributed by atoms with Crippen molar-refractivity contribution in [3.63, 3.8) is 0 Å². The summed E-state index contributed by atoms with van der Waals surface area (Å²) >= 11 is 0. The first-order valence-corrected chi connectivity index (χ1v) is 5.41. The van der Waals surface area contributed by atoms with Crippen LogP contribution in [0.2, 0.25) is 0 Å². The van der Waals surface area contributed by atoms with Gasteiger partial charge in [-0.3, -0.25) is 0 Å². The molecule has 0 bridgehead atoms. The van der Waals surface area contributed by atoms with Crippen LogP contribution >= 0.6 is 0 Å². The van der Waals surface area contributed by atoms with Gasteiger partial charge in [-0.1, -0.05) is 0 Å². The minimum absolute atomic E-state index is 0.213. The van der Waals surface area contributed by atoms with Crippen LogP contribution in [0.5, 0.6) is 0 Å². The van der Waals surface area contributed by atoms with Gasteiger partial charge in [-0.15, -0.1) is 10.2 Å². The third-order valence-electron chi connectivity index (χ3n) is 2.62. The van der Waals surface area contributed by atoms with E-state index in [1.165, 1.54) is 0 Å². The molecular weight excluding hydrogens is 208 g/mol. The van der Waals surface area contributed by atoms with E-state index in [1.54, 1.807) is 6.33 Å². The first kappa shape index (κ1) is 11.5. The van der Waals surface area contributed by atoms with E-state index in [0.29, 0.717) is 19.8 Å². The molecule has 1 aromatic rings. The third kappa shape index (κ3) is 2.78. The van der Waals surface area contributed by atoms with Gasteiger partial charge in [0.15, 0.2) is 5.79 Å². The summed E-state index contributed by atoms with van der Waals surface area (Å²) < 4.78 is 13.0. The molecule has 6 heteroatoms. The topological polar surface area (TPSA) is 61.2 Å². The van der Waals surface area contributed by atoms with Crippen molar-refractivity contribution in [2.75, 3.05) is 13.2 Å². The minimum atomic E-state index is -0.455. The maximum atomic E-state index is 5.55. The SMILES string of the molecule is Cn1cnnc1CNC1COC(C)(C)OC1. The number of aromatic nitrogens is 3. The van der Waals surface area contributed by atoms with Crippen molar-refractivity contribution in [2.45, 2.75) is 32.2 Å². The fourth-order valence-electron chi connectivity index (χ4n) is 1.51. The Morgan fingerprint density at radius 1 is 1.50 bits per heavy atom. The molecule has 6 nitrogen and oxygen atoms in total. The molecule has 1 saturated heterocycles. The smallest absolute Gasteiger partial charge is 0.162 e. The molecule has 0 amide bonds. The van der Waals surface area contributed by atoms with Crippen LogP contribution in [-0.4, -0.2) is 39.8 Å². The van der Waals surface area contributed by atoms with Crippen molar-refractivity contribution in [1.29, 1.82) is 0 Å². The average molecular weight is 226 g/mol. The van der Waals surface area contributed by atoms with Gasteiger partial charge in [0.25, 0.3) is 0 Å². The zero-order valence-electron chi connectivity index (χ0n) is 9.93. The van der Waals surface area contributed by atoms with Crippen LogP contribution in [0.4, 0.5) is 0 Å². The van der Waals surface area contributed by atoms with Gasteiger partial charge in [0, 0.05) is 7.05 Å². The van der Waals surface area contributed by atoms with Crippen LogP contribution in [0, 0.1) is 0 Å². The fraction of sp³-hybridized carbons (Fsp3) is 0.800. The second kappa shape index (κ2) is 4.48. The van der Waals surface area contributed by atoms with E-state index in [0.717, 1.165) is 5.82 Å². The lowest BCUT2D eigenvalue weighted by molar-refractivity contribution is -0.253. The van der Waals surface area contributed by atoms with Crippen molar-refractivity contribution in [1.82, 2.24) is 20.1 Å². The zero-order valence-corrected chi connectivity index (χ0v) is 9.93. The Morgan fingerprint density at radius 2 is 2.19 bits per heavy atom. The van der Waals surface area contributed by atoms with Crippen LogP contribution in [-0.2, 0) is 23.1 Å². The van der Waals surface area contributed by atoms with E-state index in [4.69, 9.17) is 9.47 Å². The summed E-state index contributed by atoms with van der Waals surface area (Å²) in [7, 11) is 1.92. The Kier molecular flexibility index (Phi) is 3.22. The summed E-state index contributed by atoms with van der Waals surface area (Å²) in [4.78, 5) is 0. The molecule has 1 aromatic heterocycles. The minimum Gasteiger partial charge on any atom is -0.349 e. The first-order chi connectivity index (χ1) is 7.57. The second-order valence-corrected chi connectivity index (χ2v) is 4.46. The molecular formula is C10H18N4O2. The van der Waals surface area contributed by atoms with E-state index in [-0.39, 0.29) is 6.04 Å². The van der Waals surface area contributed by atoms with Crippen molar-refractivity contribution in [3.05, 3.63) is 12.2 Å². The van der Waals surface area contributed by atoms with Gasteiger partial charge in [-0.05, 0) is 13.8 Å². The van der Waals surface area contributed by atoms with Gasteiger partial charge in [0.1, 0.15) is 12.2 Å². The van der Waals surface area contributed by atoms with Gasteiger partial charge in [0.05, 0.1) is 25.8 Å². The highest BCUT2D eigenvalue weighted by Gasteiger charge is 2.27. The van der Waals surface area contributed by atoms with E-state index < -0.39 is 5.79 Å². The van der Waals surface area contributed by atoms with Crippen LogP contribution in [0.3, 0.4) is 0 Å². The predicted octanol–water partition coefficient (Wildman–Crippen LogP) is 0.0562. The average Bonchev–Trinajstić information content (AvgIpc) is 2.63. The highest BCUT2D eigenvalue weighted by atomic mass is 16.7. The predicted molar refractivity (Wildman–Crippen MR) is 57.6 cm³/mol. The molecule has 0 aromatic carbocycles. The molecule has 0 radical (unpaired) electrons.